The Hall–Kier alpha value is -1.37. The third-order valence-corrected chi connectivity index (χ3v) is 2.93. The minimum Gasteiger partial charge on any atom is -0.481 e. The van der Waals surface area contributed by atoms with E-state index in [9.17, 15) is 9.90 Å². The smallest absolute Gasteiger partial charge is 0.315 e. The summed E-state index contributed by atoms with van der Waals surface area (Å²) in [5.74, 6) is -0.249. The van der Waals surface area contributed by atoms with Gasteiger partial charge in [-0.1, -0.05) is 36.4 Å². The SMILES string of the molecule is O=C(O)C1c2ccccc2Oc2ccccc21.[Cd]. The zero-order valence-corrected chi connectivity index (χ0v) is 13.7. The number of carboxylic acid groups (broad SMARTS) is 1. The fraction of sp³-hybridized carbons (Fsp3) is 0.0714. The Kier molecular flexibility index (Phi) is 3.70. The number of carboxylic acids is 1. The average Bonchev–Trinajstić information content (AvgIpc) is 2.35. The summed E-state index contributed by atoms with van der Waals surface area (Å²) in [7, 11) is 0. The molecule has 0 bridgehead atoms. The van der Waals surface area contributed by atoms with Gasteiger partial charge in [0.2, 0.25) is 0 Å². The van der Waals surface area contributed by atoms with Gasteiger partial charge in [-0.15, -0.1) is 0 Å². The molecule has 0 amide bonds. The van der Waals surface area contributed by atoms with Crippen LogP contribution in [0.5, 0.6) is 11.5 Å². The fourth-order valence-corrected chi connectivity index (χ4v) is 2.18. The Morgan fingerprint density at radius 3 is 1.83 bits per heavy atom. The molecule has 0 saturated carbocycles. The summed E-state index contributed by atoms with van der Waals surface area (Å²) in [5, 5.41) is 9.38. The van der Waals surface area contributed by atoms with Crippen molar-refractivity contribution in [2.45, 2.75) is 5.92 Å². The summed E-state index contributed by atoms with van der Waals surface area (Å²) in [5.41, 5.74) is 1.41. The molecule has 0 spiro atoms. The summed E-state index contributed by atoms with van der Waals surface area (Å²) < 4.78 is 5.69. The first-order valence-electron chi connectivity index (χ1n) is 5.36. The van der Waals surface area contributed by atoms with E-state index in [1.807, 2.05) is 24.3 Å². The van der Waals surface area contributed by atoms with E-state index in [1.165, 1.54) is 0 Å². The number of benzene rings is 2. The standard InChI is InChI=1S/C14H10O3.Cd/c15-14(16)13-9-5-1-3-7-11(9)17-12-8-4-2-6-10(12)13;/h1-8,13H,(H,15,16);. The first-order valence-corrected chi connectivity index (χ1v) is 5.36. The molecule has 4 heteroatoms. The number of aliphatic carboxylic acids is 1. The van der Waals surface area contributed by atoms with Crippen molar-refractivity contribution in [2.24, 2.45) is 0 Å². The van der Waals surface area contributed by atoms with Crippen molar-refractivity contribution in [3.63, 3.8) is 0 Å². The number of carbonyl (C=O) groups is 1. The Morgan fingerprint density at radius 1 is 0.944 bits per heavy atom. The Morgan fingerprint density at radius 2 is 1.39 bits per heavy atom. The number of rotatable bonds is 1. The van der Waals surface area contributed by atoms with Gasteiger partial charge in [-0.25, -0.2) is 0 Å². The van der Waals surface area contributed by atoms with Crippen molar-refractivity contribution in [2.75, 3.05) is 0 Å². The van der Waals surface area contributed by atoms with Crippen LogP contribution in [0.1, 0.15) is 17.0 Å². The second-order valence-corrected chi connectivity index (χ2v) is 3.95. The van der Waals surface area contributed by atoms with E-state index in [2.05, 4.69) is 0 Å². The molecule has 1 aliphatic rings. The molecule has 18 heavy (non-hydrogen) atoms. The zero-order chi connectivity index (χ0) is 11.8. The fourth-order valence-electron chi connectivity index (χ4n) is 2.18. The molecule has 2 aromatic carbocycles. The molecule has 3 rings (SSSR count). The van der Waals surface area contributed by atoms with Crippen molar-refractivity contribution in [1.29, 1.82) is 0 Å². The molecule has 2 aromatic rings. The maximum atomic E-state index is 11.4. The van der Waals surface area contributed by atoms with Gasteiger partial charge >= 0.3 is 5.97 Å². The predicted molar refractivity (Wildman–Crippen MR) is 62.4 cm³/mol. The van der Waals surface area contributed by atoms with Crippen LogP contribution in [0.15, 0.2) is 48.5 Å². The van der Waals surface area contributed by atoms with Crippen molar-refractivity contribution >= 4 is 5.97 Å². The number of hydrogen-bond acceptors (Lipinski definition) is 2. The number of ether oxygens (including phenoxy) is 1. The van der Waals surface area contributed by atoms with Gasteiger partial charge in [0.25, 0.3) is 0 Å². The molecular weight excluding hydrogens is 329 g/mol. The molecule has 0 saturated heterocycles. The summed E-state index contributed by atoms with van der Waals surface area (Å²) >= 11 is 0. The maximum Gasteiger partial charge on any atom is 0.315 e. The third-order valence-electron chi connectivity index (χ3n) is 2.93. The molecule has 0 fully saturated rings. The molecule has 0 aromatic heterocycles. The second-order valence-electron chi connectivity index (χ2n) is 3.95. The van der Waals surface area contributed by atoms with Crippen molar-refractivity contribution in [3.8, 4) is 11.5 Å². The summed E-state index contributed by atoms with van der Waals surface area (Å²) in [4.78, 5) is 11.4. The van der Waals surface area contributed by atoms with Gasteiger partial charge in [0.15, 0.2) is 0 Å². The van der Waals surface area contributed by atoms with E-state index in [1.54, 1.807) is 24.3 Å². The van der Waals surface area contributed by atoms with Crippen LogP contribution in [-0.4, -0.2) is 11.1 Å². The van der Waals surface area contributed by atoms with E-state index < -0.39 is 11.9 Å². The number of para-hydroxylation sites is 2. The topological polar surface area (TPSA) is 46.5 Å². The van der Waals surface area contributed by atoms with Gasteiger partial charge in [-0.2, -0.15) is 0 Å². The molecule has 86 valence electrons. The maximum absolute atomic E-state index is 11.4. The molecule has 0 unspecified atom stereocenters. The van der Waals surface area contributed by atoms with Crippen LogP contribution in [0.25, 0.3) is 0 Å². The minimum absolute atomic E-state index is 0. The summed E-state index contributed by atoms with van der Waals surface area (Å²) in [6, 6.07) is 14.5. The Bertz CT molecular complexity index is 550. The zero-order valence-electron chi connectivity index (χ0n) is 9.67. The van der Waals surface area contributed by atoms with Crippen LogP contribution >= 0.6 is 0 Å². The van der Waals surface area contributed by atoms with Crippen LogP contribution in [0.3, 0.4) is 0 Å². The van der Waals surface area contributed by atoms with Crippen LogP contribution in [0, 0.1) is 0 Å². The molecule has 3 nitrogen and oxygen atoms in total. The molecule has 1 N–H and O–H groups in total. The quantitative estimate of drug-likeness (QED) is 0.813. The van der Waals surface area contributed by atoms with E-state index in [-0.39, 0.29) is 27.3 Å². The largest absolute Gasteiger partial charge is 0.481 e. The summed E-state index contributed by atoms with van der Waals surface area (Å²) in [6.45, 7) is 0. The number of hydrogen-bond donors (Lipinski definition) is 1. The van der Waals surface area contributed by atoms with E-state index in [0.717, 1.165) is 0 Å². The van der Waals surface area contributed by atoms with Crippen molar-refractivity contribution < 1.29 is 41.9 Å². The van der Waals surface area contributed by atoms with Gasteiger partial charge in [0, 0.05) is 38.4 Å². The molecule has 0 atom stereocenters. The van der Waals surface area contributed by atoms with Crippen molar-refractivity contribution in [1.82, 2.24) is 0 Å². The van der Waals surface area contributed by atoms with E-state index in [4.69, 9.17) is 4.74 Å². The van der Waals surface area contributed by atoms with Gasteiger partial charge in [0.05, 0.1) is 0 Å². The normalized spacial score (nSPS) is 12.7. The van der Waals surface area contributed by atoms with Gasteiger partial charge in [-0.05, 0) is 12.1 Å². The van der Waals surface area contributed by atoms with Crippen LogP contribution in [0.4, 0.5) is 0 Å². The van der Waals surface area contributed by atoms with E-state index in [0.29, 0.717) is 22.6 Å². The molecule has 1 heterocycles. The van der Waals surface area contributed by atoms with Crippen LogP contribution in [0.2, 0.25) is 0 Å². The number of fused-ring (bicyclic) bond motifs is 2. The first kappa shape index (κ1) is 13.1. The average molecular weight is 339 g/mol. The molecule has 1 aliphatic heterocycles. The van der Waals surface area contributed by atoms with Gasteiger partial charge < -0.3 is 9.84 Å². The van der Waals surface area contributed by atoms with Gasteiger partial charge in [0.1, 0.15) is 17.4 Å². The molecular formula is C14H10CdO3. The van der Waals surface area contributed by atoms with Gasteiger partial charge in [-0.3, -0.25) is 4.79 Å². The Balaban J connectivity index is 0.00000120. The monoisotopic (exact) mass is 340 g/mol. The predicted octanol–water partition coefficient (Wildman–Crippen LogP) is 3.01. The molecule has 0 aliphatic carbocycles. The van der Waals surface area contributed by atoms with E-state index >= 15 is 0 Å². The molecule has 0 radical (unpaired) electrons. The third kappa shape index (κ3) is 2.03. The van der Waals surface area contributed by atoms with Crippen LogP contribution in [-0.2, 0) is 32.1 Å². The Labute approximate surface area is 125 Å². The van der Waals surface area contributed by atoms with Crippen molar-refractivity contribution in [3.05, 3.63) is 59.7 Å². The minimum atomic E-state index is -0.854. The first-order chi connectivity index (χ1) is 8.27. The second kappa shape index (κ2) is 5.09. The summed E-state index contributed by atoms with van der Waals surface area (Å²) in [6.07, 6.45) is 0. The van der Waals surface area contributed by atoms with Crippen LogP contribution < -0.4 is 4.74 Å².